The second-order valence-corrected chi connectivity index (χ2v) is 3.71. The molecule has 0 saturated heterocycles. The predicted octanol–water partition coefficient (Wildman–Crippen LogP) is 1.83. The summed E-state index contributed by atoms with van der Waals surface area (Å²) in [6, 6.07) is 5.97. The second kappa shape index (κ2) is 3.47. The van der Waals surface area contributed by atoms with Crippen molar-refractivity contribution in [1.82, 2.24) is 9.97 Å². The van der Waals surface area contributed by atoms with Crippen molar-refractivity contribution in [2.75, 3.05) is 6.54 Å². The van der Waals surface area contributed by atoms with Crippen LogP contribution in [0.25, 0.3) is 11.0 Å². The number of benzene rings is 1. The van der Waals surface area contributed by atoms with Crippen LogP contribution in [0.3, 0.4) is 0 Å². The van der Waals surface area contributed by atoms with Gasteiger partial charge in [-0.1, -0.05) is 6.07 Å². The Hall–Kier alpha value is -0.870. The van der Waals surface area contributed by atoms with Crippen molar-refractivity contribution in [3.8, 4) is 0 Å². The van der Waals surface area contributed by atoms with Gasteiger partial charge in [-0.3, -0.25) is 0 Å². The van der Waals surface area contributed by atoms with Crippen LogP contribution in [0.1, 0.15) is 5.82 Å². The number of nitrogens with two attached hydrogens (primary N) is 1. The highest BCUT2D eigenvalue weighted by atomic mass is 79.9. The first kappa shape index (κ1) is 8.72. The number of nitrogens with zero attached hydrogens (tertiary/aromatic N) is 1. The summed E-state index contributed by atoms with van der Waals surface area (Å²) in [7, 11) is 0. The Morgan fingerprint density at radius 1 is 1.46 bits per heavy atom. The monoisotopic (exact) mass is 239 g/mol. The molecule has 0 saturated carbocycles. The van der Waals surface area contributed by atoms with Crippen LogP contribution in [0.4, 0.5) is 0 Å². The minimum atomic E-state index is 0.622. The standard InChI is InChI=1S/C9H10BrN3/c10-6-2-1-3-7-9(6)13-8(12-7)4-5-11/h1-3H,4-5,11H2,(H,12,13). The van der Waals surface area contributed by atoms with Gasteiger partial charge in [0.05, 0.1) is 5.52 Å². The molecule has 0 fully saturated rings. The van der Waals surface area contributed by atoms with Crippen molar-refractivity contribution in [1.29, 1.82) is 0 Å². The molecule has 0 amide bonds. The van der Waals surface area contributed by atoms with E-state index in [0.717, 1.165) is 27.8 Å². The van der Waals surface area contributed by atoms with Gasteiger partial charge in [0.25, 0.3) is 0 Å². The van der Waals surface area contributed by atoms with Crippen LogP contribution in [0, 0.1) is 0 Å². The topological polar surface area (TPSA) is 54.7 Å². The maximum Gasteiger partial charge on any atom is 0.108 e. The van der Waals surface area contributed by atoms with E-state index in [-0.39, 0.29) is 0 Å². The van der Waals surface area contributed by atoms with E-state index in [0.29, 0.717) is 6.54 Å². The number of nitrogens with one attached hydrogen (secondary N) is 1. The number of hydrogen-bond acceptors (Lipinski definition) is 2. The number of imidazole rings is 1. The number of para-hydroxylation sites is 1. The number of hydrogen-bond donors (Lipinski definition) is 2. The number of aromatic nitrogens is 2. The molecule has 0 bridgehead atoms. The molecule has 2 aromatic rings. The average Bonchev–Trinajstić information content (AvgIpc) is 2.49. The highest BCUT2D eigenvalue weighted by Gasteiger charge is 2.03. The van der Waals surface area contributed by atoms with Gasteiger partial charge in [-0.25, -0.2) is 4.98 Å². The predicted molar refractivity (Wildman–Crippen MR) is 56.6 cm³/mol. The SMILES string of the molecule is NCCc1nc2c(Br)cccc2[nH]1. The molecule has 0 aliphatic rings. The van der Waals surface area contributed by atoms with Gasteiger partial charge in [0, 0.05) is 10.9 Å². The van der Waals surface area contributed by atoms with Crippen LogP contribution in [-0.4, -0.2) is 16.5 Å². The van der Waals surface area contributed by atoms with E-state index in [2.05, 4.69) is 25.9 Å². The average molecular weight is 240 g/mol. The molecule has 1 aromatic heterocycles. The molecule has 0 aliphatic heterocycles. The number of halogens is 1. The first-order valence-corrected chi connectivity index (χ1v) is 4.94. The lowest BCUT2D eigenvalue weighted by Crippen LogP contribution is -2.03. The third kappa shape index (κ3) is 1.59. The van der Waals surface area contributed by atoms with Gasteiger partial charge in [0.1, 0.15) is 11.3 Å². The van der Waals surface area contributed by atoms with E-state index in [9.17, 15) is 0 Å². The molecular formula is C9H10BrN3. The Balaban J connectivity index is 2.55. The van der Waals surface area contributed by atoms with Crippen molar-refractivity contribution < 1.29 is 0 Å². The highest BCUT2D eigenvalue weighted by molar-refractivity contribution is 9.10. The van der Waals surface area contributed by atoms with Crippen LogP contribution < -0.4 is 5.73 Å². The number of aromatic amines is 1. The van der Waals surface area contributed by atoms with Crippen molar-refractivity contribution in [2.45, 2.75) is 6.42 Å². The van der Waals surface area contributed by atoms with E-state index < -0.39 is 0 Å². The molecule has 0 atom stereocenters. The van der Waals surface area contributed by atoms with Crippen LogP contribution in [-0.2, 0) is 6.42 Å². The molecule has 1 aromatic carbocycles. The minimum absolute atomic E-state index is 0.622. The van der Waals surface area contributed by atoms with E-state index in [1.807, 2.05) is 18.2 Å². The Labute approximate surface area is 84.5 Å². The zero-order chi connectivity index (χ0) is 9.26. The molecule has 1 heterocycles. The van der Waals surface area contributed by atoms with Crippen molar-refractivity contribution >= 4 is 27.0 Å². The summed E-state index contributed by atoms with van der Waals surface area (Å²) in [5, 5.41) is 0. The molecule has 3 nitrogen and oxygen atoms in total. The van der Waals surface area contributed by atoms with Crippen molar-refractivity contribution in [2.24, 2.45) is 5.73 Å². The van der Waals surface area contributed by atoms with Crippen LogP contribution in [0.2, 0.25) is 0 Å². The van der Waals surface area contributed by atoms with Crippen LogP contribution >= 0.6 is 15.9 Å². The summed E-state index contributed by atoms with van der Waals surface area (Å²) >= 11 is 3.45. The third-order valence-corrected chi connectivity index (χ3v) is 2.53. The second-order valence-electron chi connectivity index (χ2n) is 2.86. The molecule has 0 aliphatic carbocycles. The Bertz CT molecular complexity index is 422. The summed E-state index contributed by atoms with van der Waals surface area (Å²) in [5.41, 5.74) is 7.48. The largest absolute Gasteiger partial charge is 0.342 e. The Kier molecular flexibility index (Phi) is 2.33. The molecule has 0 spiro atoms. The van der Waals surface area contributed by atoms with Gasteiger partial charge in [-0.2, -0.15) is 0 Å². The van der Waals surface area contributed by atoms with Gasteiger partial charge in [0.2, 0.25) is 0 Å². The van der Waals surface area contributed by atoms with E-state index in [1.54, 1.807) is 0 Å². The molecule has 0 radical (unpaired) electrons. The molecule has 2 rings (SSSR count). The minimum Gasteiger partial charge on any atom is -0.342 e. The Morgan fingerprint density at radius 2 is 2.31 bits per heavy atom. The van der Waals surface area contributed by atoms with E-state index in [1.165, 1.54) is 0 Å². The summed E-state index contributed by atoms with van der Waals surface area (Å²) in [5.74, 6) is 0.949. The van der Waals surface area contributed by atoms with Gasteiger partial charge in [-0.05, 0) is 34.6 Å². The quantitative estimate of drug-likeness (QED) is 0.841. The molecule has 3 N–H and O–H groups in total. The lowest BCUT2D eigenvalue weighted by atomic mass is 10.3. The Morgan fingerprint density at radius 3 is 3.00 bits per heavy atom. The van der Waals surface area contributed by atoms with Crippen LogP contribution in [0.5, 0.6) is 0 Å². The smallest absolute Gasteiger partial charge is 0.108 e. The zero-order valence-corrected chi connectivity index (χ0v) is 8.63. The molecular weight excluding hydrogens is 230 g/mol. The lowest BCUT2D eigenvalue weighted by Gasteiger charge is -1.88. The summed E-state index contributed by atoms with van der Waals surface area (Å²) in [6.45, 7) is 0.622. The van der Waals surface area contributed by atoms with Crippen molar-refractivity contribution in [3.05, 3.63) is 28.5 Å². The molecule has 4 heteroatoms. The maximum atomic E-state index is 5.45. The van der Waals surface area contributed by atoms with Gasteiger partial charge in [0.15, 0.2) is 0 Å². The van der Waals surface area contributed by atoms with Crippen LogP contribution in [0.15, 0.2) is 22.7 Å². The summed E-state index contributed by atoms with van der Waals surface area (Å²) in [4.78, 5) is 7.64. The maximum absolute atomic E-state index is 5.45. The summed E-state index contributed by atoms with van der Waals surface area (Å²) < 4.78 is 1.02. The van der Waals surface area contributed by atoms with E-state index in [4.69, 9.17) is 5.73 Å². The molecule has 68 valence electrons. The first-order valence-electron chi connectivity index (χ1n) is 4.14. The zero-order valence-electron chi connectivity index (χ0n) is 7.05. The molecule has 0 unspecified atom stereocenters. The summed E-state index contributed by atoms with van der Waals surface area (Å²) in [6.07, 6.45) is 0.793. The highest BCUT2D eigenvalue weighted by Crippen LogP contribution is 2.21. The van der Waals surface area contributed by atoms with Gasteiger partial charge < -0.3 is 10.7 Å². The lowest BCUT2D eigenvalue weighted by molar-refractivity contribution is 0.900. The number of H-pyrrole nitrogens is 1. The molecule has 13 heavy (non-hydrogen) atoms. The fraction of sp³-hybridized carbons (Fsp3) is 0.222. The first-order chi connectivity index (χ1) is 6.31. The van der Waals surface area contributed by atoms with Gasteiger partial charge in [-0.15, -0.1) is 0 Å². The van der Waals surface area contributed by atoms with E-state index >= 15 is 0 Å². The van der Waals surface area contributed by atoms with Gasteiger partial charge >= 0.3 is 0 Å². The normalized spacial score (nSPS) is 10.9. The third-order valence-electron chi connectivity index (χ3n) is 1.89. The van der Waals surface area contributed by atoms with Crippen molar-refractivity contribution in [3.63, 3.8) is 0 Å². The fourth-order valence-electron chi connectivity index (χ4n) is 1.30. The number of rotatable bonds is 2. The fourth-order valence-corrected chi connectivity index (χ4v) is 1.76. The number of fused-ring (bicyclic) bond motifs is 1.